The summed E-state index contributed by atoms with van der Waals surface area (Å²) in [6.07, 6.45) is -0.210. The molecule has 1 aliphatic rings. The largest absolute Gasteiger partial charge is 0.447 e. The van der Waals surface area contributed by atoms with Gasteiger partial charge in [-0.1, -0.05) is 29.8 Å². The second-order valence-electron chi connectivity index (χ2n) is 3.37. The monoisotopic (exact) mass is 235 g/mol. The number of carbonyl (C=O) groups is 1. The molecule has 0 saturated carbocycles. The fourth-order valence-electron chi connectivity index (χ4n) is 1.37. The van der Waals surface area contributed by atoms with Gasteiger partial charge in [0, 0.05) is 0 Å². The molecule has 0 aliphatic carbocycles. The lowest BCUT2D eigenvalue weighted by molar-refractivity contribution is 0.156. The van der Waals surface area contributed by atoms with Gasteiger partial charge in [-0.25, -0.2) is 4.79 Å². The van der Waals surface area contributed by atoms with E-state index in [4.69, 9.17) is 4.74 Å². The van der Waals surface area contributed by atoms with Crippen molar-refractivity contribution in [1.82, 2.24) is 4.90 Å². The molecule has 1 aliphatic heterocycles. The lowest BCUT2D eigenvalue weighted by atomic mass is 10.1. The first-order valence-corrected chi connectivity index (χ1v) is 5.04. The second-order valence-corrected chi connectivity index (χ2v) is 4.69. The molecule has 1 amide bonds. The Bertz CT molecular complexity index is 182. The van der Waals surface area contributed by atoms with Gasteiger partial charge in [0.15, 0.2) is 0 Å². The summed E-state index contributed by atoms with van der Waals surface area (Å²) in [4.78, 5) is 13.0. The third-order valence-corrected chi connectivity index (χ3v) is 2.54. The number of carbonyl (C=O) groups excluding carboxylic acids is 1. The maximum Gasteiger partial charge on any atom is 0.411 e. The van der Waals surface area contributed by atoms with Crippen molar-refractivity contribution in [3.05, 3.63) is 0 Å². The van der Waals surface area contributed by atoms with Crippen LogP contribution in [0.15, 0.2) is 0 Å². The Kier molecular flexibility index (Phi) is 2.99. The van der Waals surface area contributed by atoms with E-state index in [1.54, 1.807) is 4.90 Å². The first-order chi connectivity index (χ1) is 5.54. The normalized spacial score (nSPS) is 26.2. The maximum absolute atomic E-state index is 11.2. The molecule has 70 valence electrons. The van der Waals surface area contributed by atoms with Gasteiger partial charge in [-0.05, 0) is 12.8 Å². The highest BCUT2D eigenvalue weighted by Gasteiger charge is 2.36. The number of rotatable bonds is 2. The Morgan fingerprint density at radius 1 is 1.58 bits per heavy atom. The summed E-state index contributed by atoms with van der Waals surface area (Å²) in [6.45, 7) is 6.64. The Balaban J connectivity index is 2.70. The fraction of sp³-hybridized carbons (Fsp3) is 0.875. The van der Waals surface area contributed by atoms with Crippen molar-refractivity contribution in [2.45, 2.75) is 31.8 Å². The Morgan fingerprint density at radius 3 is 2.50 bits per heavy atom. The first kappa shape index (κ1) is 9.84. The van der Waals surface area contributed by atoms with Gasteiger partial charge in [-0.15, -0.1) is 0 Å². The van der Waals surface area contributed by atoms with Crippen LogP contribution in [-0.2, 0) is 4.74 Å². The molecule has 12 heavy (non-hydrogen) atoms. The van der Waals surface area contributed by atoms with E-state index < -0.39 is 0 Å². The van der Waals surface area contributed by atoms with Gasteiger partial charge in [0.2, 0.25) is 0 Å². The van der Waals surface area contributed by atoms with Crippen LogP contribution in [-0.4, -0.2) is 28.6 Å². The zero-order valence-corrected chi connectivity index (χ0v) is 9.17. The summed E-state index contributed by atoms with van der Waals surface area (Å²) in [7, 11) is 0. The number of hydrogen-bond donors (Lipinski definition) is 0. The number of halogens is 1. The quantitative estimate of drug-likeness (QED) is 0.543. The molecular formula is C8H14BrNO2. The number of ether oxygens (including phenoxy) is 1. The van der Waals surface area contributed by atoms with Gasteiger partial charge in [0.1, 0.15) is 6.61 Å². The number of alkyl halides is 1. The molecule has 1 rings (SSSR count). The Hall–Kier alpha value is -0.250. The average Bonchev–Trinajstić information content (AvgIpc) is 2.30. The minimum atomic E-state index is -0.210. The number of hydrogen-bond acceptors (Lipinski definition) is 2. The number of nitrogens with zero attached hydrogens (tertiary/aromatic N) is 1. The van der Waals surface area contributed by atoms with E-state index in [1.165, 1.54) is 0 Å². The van der Waals surface area contributed by atoms with Crippen LogP contribution in [0.2, 0.25) is 0 Å². The first-order valence-electron chi connectivity index (χ1n) is 4.13. The van der Waals surface area contributed by atoms with Crippen LogP contribution in [0.5, 0.6) is 0 Å². The molecule has 0 aromatic heterocycles. The van der Waals surface area contributed by atoms with Crippen molar-refractivity contribution < 1.29 is 9.53 Å². The highest BCUT2D eigenvalue weighted by molar-refractivity contribution is 9.09. The molecule has 4 heteroatoms. The smallest absolute Gasteiger partial charge is 0.411 e. The van der Waals surface area contributed by atoms with Crippen molar-refractivity contribution in [2.75, 3.05) is 6.61 Å². The summed E-state index contributed by atoms with van der Waals surface area (Å²) in [6, 6.07) is 0.215. The summed E-state index contributed by atoms with van der Waals surface area (Å²) >= 11 is 3.38. The molecule has 0 spiro atoms. The maximum atomic E-state index is 11.2. The molecule has 0 aromatic rings. The molecular weight excluding hydrogens is 222 g/mol. The molecule has 0 radical (unpaired) electrons. The topological polar surface area (TPSA) is 29.5 Å². The molecule has 2 atom stereocenters. The summed E-state index contributed by atoms with van der Waals surface area (Å²) in [5, 5.41) is 0. The van der Waals surface area contributed by atoms with Crippen LogP contribution < -0.4 is 0 Å². The molecule has 3 nitrogen and oxygen atoms in total. The van der Waals surface area contributed by atoms with E-state index in [0.29, 0.717) is 12.5 Å². The van der Waals surface area contributed by atoms with E-state index in [-0.39, 0.29) is 17.1 Å². The molecule has 0 aromatic carbocycles. The number of cyclic esters (lactones) is 1. The van der Waals surface area contributed by atoms with Gasteiger partial charge in [0.25, 0.3) is 0 Å². The second kappa shape index (κ2) is 3.64. The van der Waals surface area contributed by atoms with Gasteiger partial charge in [0.05, 0.1) is 11.0 Å². The lowest BCUT2D eigenvalue weighted by Gasteiger charge is -2.26. The van der Waals surface area contributed by atoms with Crippen LogP contribution in [0.25, 0.3) is 0 Å². The minimum absolute atomic E-state index is 0.0555. The van der Waals surface area contributed by atoms with Crippen LogP contribution in [0, 0.1) is 5.92 Å². The van der Waals surface area contributed by atoms with Crippen LogP contribution in [0.3, 0.4) is 0 Å². The van der Waals surface area contributed by atoms with Gasteiger partial charge in [-0.2, -0.15) is 0 Å². The SMILES string of the molecule is CC(C)[C@H]1COC(=O)N1C(C)Br. The van der Waals surface area contributed by atoms with E-state index in [2.05, 4.69) is 29.8 Å². The van der Waals surface area contributed by atoms with E-state index >= 15 is 0 Å². The van der Waals surface area contributed by atoms with Crippen molar-refractivity contribution in [3.63, 3.8) is 0 Å². The third-order valence-electron chi connectivity index (χ3n) is 2.10. The van der Waals surface area contributed by atoms with Crippen molar-refractivity contribution in [3.8, 4) is 0 Å². The zero-order chi connectivity index (χ0) is 9.30. The highest BCUT2D eigenvalue weighted by atomic mass is 79.9. The predicted octanol–water partition coefficient (Wildman–Crippen LogP) is 2.20. The van der Waals surface area contributed by atoms with E-state index in [0.717, 1.165) is 0 Å². The fourth-order valence-corrected chi connectivity index (χ4v) is 1.84. The van der Waals surface area contributed by atoms with Crippen LogP contribution in [0.1, 0.15) is 20.8 Å². The molecule has 1 unspecified atom stereocenters. The van der Waals surface area contributed by atoms with Crippen molar-refractivity contribution in [1.29, 1.82) is 0 Å². The molecule has 0 N–H and O–H groups in total. The van der Waals surface area contributed by atoms with Gasteiger partial charge < -0.3 is 4.74 Å². The standard InChI is InChI=1S/C8H14BrNO2/c1-5(2)7-4-12-8(11)10(7)6(3)9/h5-7H,4H2,1-3H3/t6?,7-/m1/s1. The summed E-state index contributed by atoms with van der Waals surface area (Å²) in [5.74, 6) is 0.441. The average molecular weight is 236 g/mol. The van der Waals surface area contributed by atoms with Crippen molar-refractivity contribution >= 4 is 22.0 Å². The van der Waals surface area contributed by atoms with Crippen molar-refractivity contribution in [2.24, 2.45) is 5.92 Å². The summed E-state index contributed by atoms with van der Waals surface area (Å²) in [5.41, 5.74) is 0. The molecule has 0 bridgehead atoms. The molecule has 1 fully saturated rings. The van der Waals surface area contributed by atoms with Gasteiger partial charge >= 0.3 is 6.09 Å². The minimum Gasteiger partial charge on any atom is -0.447 e. The summed E-state index contributed by atoms with van der Waals surface area (Å²) < 4.78 is 4.96. The Morgan fingerprint density at radius 2 is 2.17 bits per heavy atom. The lowest BCUT2D eigenvalue weighted by Crippen LogP contribution is -2.40. The highest BCUT2D eigenvalue weighted by Crippen LogP contribution is 2.24. The molecule has 1 heterocycles. The Labute approximate surface area is 81.2 Å². The van der Waals surface area contributed by atoms with Crippen LogP contribution in [0.4, 0.5) is 4.79 Å². The zero-order valence-electron chi connectivity index (χ0n) is 7.58. The van der Waals surface area contributed by atoms with E-state index in [1.807, 2.05) is 6.92 Å². The third kappa shape index (κ3) is 1.73. The number of amides is 1. The van der Waals surface area contributed by atoms with Crippen LogP contribution >= 0.6 is 15.9 Å². The van der Waals surface area contributed by atoms with E-state index in [9.17, 15) is 4.79 Å². The predicted molar refractivity (Wildman–Crippen MR) is 50.2 cm³/mol. The molecule has 1 saturated heterocycles. The van der Waals surface area contributed by atoms with Gasteiger partial charge in [-0.3, -0.25) is 4.90 Å².